The van der Waals surface area contributed by atoms with E-state index in [1.165, 1.54) is 6.08 Å². The maximum absolute atomic E-state index is 12.2. The van der Waals surface area contributed by atoms with Crippen LogP contribution in [-0.4, -0.2) is 33.2 Å². The van der Waals surface area contributed by atoms with Gasteiger partial charge in [-0.1, -0.05) is 0 Å². The molecule has 1 amide bonds. The number of rotatable bonds is 5. The number of carbonyl (C=O) groups excluding carboxylic acids is 1. The zero-order valence-electron chi connectivity index (χ0n) is 13.5. The molecule has 0 spiro atoms. The van der Waals surface area contributed by atoms with Crippen molar-refractivity contribution >= 4 is 15.7 Å². The Morgan fingerprint density at radius 2 is 1.56 bits per heavy atom. The lowest BCUT2D eigenvalue weighted by Crippen LogP contribution is -2.35. The molecule has 0 unspecified atom stereocenters. The van der Waals surface area contributed by atoms with Crippen LogP contribution in [-0.2, 0) is 9.84 Å². The van der Waals surface area contributed by atoms with Gasteiger partial charge in [0, 0.05) is 11.0 Å². The van der Waals surface area contributed by atoms with E-state index in [4.69, 9.17) is 9.47 Å². The van der Waals surface area contributed by atoms with Crippen LogP contribution in [0.3, 0.4) is 0 Å². The molecular weight excluding hydrogens is 342 g/mol. The van der Waals surface area contributed by atoms with Crippen LogP contribution in [0.1, 0.15) is 10.4 Å². The molecule has 0 saturated carbocycles. The standard InChI is InChI=1S/C18H17NO5S/c1-23-15-6-8-17(9-7-15)24-16-4-2-13(3-5-16)18(20)19-14-10-11-25(21,22)12-14/h2-11,14H,12H2,1H3,(H,19,20)/t14-/m1/s1. The SMILES string of the molecule is COc1ccc(Oc2ccc(C(=O)N[C@@H]3C=CS(=O)(=O)C3)cc2)cc1. The molecule has 0 saturated heterocycles. The Labute approximate surface area is 146 Å². The van der Waals surface area contributed by atoms with Gasteiger partial charge in [-0.25, -0.2) is 8.42 Å². The summed E-state index contributed by atoms with van der Waals surface area (Å²) in [6, 6.07) is 13.3. The number of sulfone groups is 1. The largest absolute Gasteiger partial charge is 0.497 e. The minimum absolute atomic E-state index is 0.0998. The van der Waals surface area contributed by atoms with E-state index >= 15 is 0 Å². The van der Waals surface area contributed by atoms with Crippen molar-refractivity contribution in [3.63, 3.8) is 0 Å². The Hall–Kier alpha value is -2.80. The number of ether oxygens (including phenoxy) is 2. The van der Waals surface area contributed by atoms with E-state index in [-0.39, 0.29) is 11.7 Å². The number of amides is 1. The minimum atomic E-state index is -3.19. The molecule has 2 aromatic rings. The van der Waals surface area contributed by atoms with Gasteiger partial charge in [0.1, 0.15) is 17.2 Å². The van der Waals surface area contributed by atoms with Crippen molar-refractivity contribution in [3.05, 3.63) is 65.6 Å². The number of carbonyl (C=O) groups is 1. The number of methoxy groups -OCH3 is 1. The third kappa shape index (κ3) is 4.39. The fourth-order valence-electron chi connectivity index (χ4n) is 2.37. The van der Waals surface area contributed by atoms with E-state index in [9.17, 15) is 13.2 Å². The van der Waals surface area contributed by atoms with E-state index < -0.39 is 15.9 Å². The van der Waals surface area contributed by atoms with Gasteiger partial charge in [0.25, 0.3) is 5.91 Å². The Morgan fingerprint density at radius 3 is 2.08 bits per heavy atom. The molecule has 130 valence electrons. The topological polar surface area (TPSA) is 81.7 Å². The van der Waals surface area contributed by atoms with Crippen LogP contribution in [0.4, 0.5) is 0 Å². The highest BCUT2D eigenvalue weighted by molar-refractivity contribution is 7.94. The number of hydrogen-bond acceptors (Lipinski definition) is 5. The minimum Gasteiger partial charge on any atom is -0.497 e. The van der Waals surface area contributed by atoms with Gasteiger partial charge in [-0.05, 0) is 54.6 Å². The first kappa shape index (κ1) is 17.0. The summed E-state index contributed by atoms with van der Waals surface area (Å²) in [6.45, 7) is 0. The molecule has 25 heavy (non-hydrogen) atoms. The average Bonchev–Trinajstić information content (AvgIpc) is 2.94. The molecule has 1 N–H and O–H groups in total. The molecule has 1 atom stereocenters. The molecule has 1 heterocycles. The van der Waals surface area contributed by atoms with Crippen molar-refractivity contribution in [1.82, 2.24) is 5.32 Å². The molecular formula is C18H17NO5S. The average molecular weight is 359 g/mol. The molecule has 0 aliphatic carbocycles. The van der Waals surface area contributed by atoms with E-state index in [1.54, 1.807) is 55.6 Å². The lowest BCUT2D eigenvalue weighted by atomic mass is 10.2. The quantitative estimate of drug-likeness (QED) is 0.887. The second-order valence-corrected chi connectivity index (χ2v) is 7.47. The van der Waals surface area contributed by atoms with Gasteiger partial charge < -0.3 is 14.8 Å². The van der Waals surface area contributed by atoms with Crippen LogP contribution in [0.2, 0.25) is 0 Å². The molecule has 3 rings (SSSR count). The summed E-state index contributed by atoms with van der Waals surface area (Å²) < 4.78 is 33.5. The predicted octanol–water partition coefficient (Wildman–Crippen LogP) is 2.53. The summed E-state index contributed by atoms with van der Waals surface area (Å²) >= 11 is 0. The molecule has 7 heteroatoms. The highest BCUT2D eigenvalue weighted by Crippen LogP contribution is 2.24. The van der Waals surface area contributed by atoms with Crippen LogP contribution in [0.5, 0.6) is 17.2 Å². The summed E-state index contributed by atoms with van der Waals surface area (Å²) in [6.07, 6.45) is 1.48. The van der Waals surface area contributed by atoms with Crippen LogP contribution < -0.4 is 14.8 Å². The van der Waals surface area contributed by atoms with Crippen LogP contribution in [0, 0.1) is 0 Å². The maximum atomic E-state index is 12.2. The van der Waals surface area contributed by atoms with Crippen molar-refractivity contribution in [2.24, 2.45) is 0 Å². The summed E-state index contributed by atoms with van der Waals surface area (Å²) in [7, 11) is -1.60. The van der Waals surface area contributed by atoms with Gasteiger partial charge in [0.15, 0.2) is 9.84 Å². The summed E-state index contributed by atoms with van der Waals surface area (Å²) in [5.41, 5.74) is 0.430. The summed E-state index contributed by atoms with van der Waals surface area (Å²) in [4.78, 5) is 12.2. The lowest BCUT2D eigenvalue weighted by molar-refractivity contribution is 0.0947. The van der Waals surface area contributed by atoms with E-state index in [0.717, 1.165) is 11.2 Å². The number of benzene rings is 2. The Kier molecular flexibility index (Phi) is 4.76. The van der Waals surface area contributed by atoms with Crippen LogP contribution in [0.15, 0.2) is 60.0 Å². The van der Waals surface area contributed by atoms with Gasteiger partial charge in [-0.2, -0.15) is 0 Å². The fourth-order valence-corrected chi connectivity index (χ4v) is 3.61. The lowest BCUT2D eigenvalue weighted by Gasteiger charge is -2.11. The molecule has 1 aliphatic rings. The first-order valence-electron chi connectivity index (χ1n) is 7.59. The smallest absolute Gasteiger partial charge is 0.251 e. The van der Waals surface area contributed by atoms with Gasteiger partial charge in [-0.15, -0.1) is 0 Å². The van der Waals surface area contributed by atoms with Gasteiger partial charge in [0.2, 0.25) is 0 Å². The maximum Gasteiger partial charge on any atom is 0.251 e. The number of hydrogen-bond donors (Lipinski definition) is 1. The zero-order valence-corrected chi connectivity index (χ0v) is 14.3. The number of nitrogens with one attached hydrogen (secondary N) is 1. The van der Waals surface area contributed by atoms with Crippen LogP contribution in [0.25, 0.3) is 0 Å². The van der Waals surface area contributed by atoms with Gasteiger partial charge >= 0.3 is 0 Å². The van der Waals surface area contributed by atoms with Crippen molar-refractivity contribution in [2.75, 3.05) is 12.9 Å². The molecule has 0 aromatic heterocycles. The monoisotopic (exact) mass is 359 g/mol. The molecule has 2 aromatic carbocycles. The van der Waals surface area contributed by atoms with E-state index in [2.05, 4.69) is 5.32 Å². The third-order valence-corrected chi connectivity index (χ3v) is 5.05. The molecule has 0 bridgehead atoms. The van der Waals surface area contributed by atoms with E-state index in [0.29, 0.717) is 17.1 Å². The second-order valence-electron chi connectivity index (χ2n) is 5.54. The molecule has 1 aliphatic heterocycles. The summed E-state index contributed by atoms with van der Waals surface area (Å²) in [5, 5.41) is 3.80. The van der Waals surface area contributed by atoms with Gasteiger partial charge in [-0.3, -0.25) is 4.79 Å². The summed E-state index contributed by atoms with van der Waals surface area (Å²) in [5.74, 6) is 1.55. The molecule has 0 radical (unpaired) electrons. The van der Waals surface area contributed by atoms with Gasteiger partial charge in [0.05, 0.1) is 18.9 Å². The highest BCUT2D eigenvalue weighted by atomic mass is 32.2. The zero-order chi connectivity index (χ0) is 17.9. The second kappa shape index (κ2) is 6.98. The Balaban J connectivity index is 1.61. The fraction of sp³-hybridized carbons (Fsp3) is 0.167. The van der Waals surface area contributed by atoms with Crippen molar-refractivity contribution in [2.45, 2.75) is 6.04 Å². The normalized spacial score (nSPS) is 17.9. The molecule has 0 fully saturated rings. The third-order valence-electron chi connectivity index (χ3n) is 3.66. The first-order valence-corrected chi connectivity index (χ1v) is 9.30. The Bertz CT molecular complexity index is 886. The van der Waals surface area contributed by atoms with Crippen LogP contribution >= 0.6 is 0 Å². The predicted molar refractivity (Wildman–Crippen MR) is 93.7 cm³/mol. The van der Waals surface area contributed by atoms with E-state index in [1.807, 2.05) is 0 Å². The molecule has 6 nitrogen and oxygen atoms in total. The first-order chi connectivity index (χ1) is 11.9. The van der Waals surface area contributed by atoms with Crippen molar-refractivity contribution < 1.29 is 22.7 Å². The highest BCUT2D eigenvalue weighted by Gasteiger charge is 2.23. The van der Waals surface area contributed by atoms with Crippen molar-refractivity contribution in [1.29, 1.82) is 0 Å². The Morgan fingerprint density at radius 1 is 1.00 bits per heavy atom. The van der Waals surface area contributed by atoms with Crippen molar-refractivity contribution in [3.8, 4) is 17.2 Å².